The van der Waals surface area contributed by atoms with Crippen LogP contribution in [0, 0.1) is 5.82 Å². The Bertz CT molecular complexity index is 1580. The van der Waals surface area contributed by atoms with Crippen LogP contribution in [0.4, 0.5) is 10.2 Å². The van der Waals surface area contributed by atoms with Crippen molar-refractivity contribution in [1.82, 2.24) is 24.8 Å². The second kappa shape index (κ2) is 10.9. The Morgan fingerprint density at radius 3 is 2.67 bits per heavy atom. The van der Waals surface area contributed by atoms with Gasteiger partial charge < -0.3 is 30.4 Å². The molecule has 0 bridgehead atoms. The molecule has 39 heavy (non-hydrogen) atoms. The minimum absolute atomic E-state index is 0.122. The fourth-order valence-corrected chi connectivity index (χ4v) is 4.67. The number of ether oxygens (including phenoxy) is 1. The van der Waals surface area contributed by atoms with Crippen molar-refractivity contribution in [3.8, 4) is 11.4 Å². The molecule has 2 aromatic carbocycles. The number of methoxy groups -OCH3 is 1. The number of rotatable bonds is 7. The maximum absolute atomic E-state index is 13.7. The van der Waals surface area contributed by atoms with Gasteiger partial charge in [0, 0.05) is 37.1 Å². The molecular weight excluding hydrogens is 503 g/mol. The van der Waals surface area contributed by atoms with Crippen LogP contribution in [0.3, 0.4) is 0 Å². The highest BCUT2D eigenvalue weighted by atomic mass is 19.1. The highest BCUT2D eigenvalue weighted by Gasteiger charge is 2.22. The van der Waals surface area contributed by atoms with Gasteiger partial charge in [-0.15, -0.1) is 0 Å². The molecule has 3 heterocycles. The summed E-state index contributed by atoms with van der Waals surface area (Å²) < 4.78 is 20.7. The Morgan fingerprint density at radius 2 is 1.97 bits per heavy atom. The minimum Gasteiger partial charge on any atom is -0.496 e. The molecular formula is C28H27FN6O4. The summed E-state index contributed by atoms with van der Waals surface area (Å²) in [6.07, 6.45) is 5.96. The molecule has 11 heteroatoms. The van der Waals surface area contributed by atoms with Gasteiger partial charge in [0.15, 0.2) is 5.82 Å². The van der Waals surface area contributed by atoms with Crippen molar-refractivity contribution in [3.05, 3.63) is 83.6 Å². The molecule has 2 aromatic heterocycles. The molecule has 0 atom stereocenters. The van der Waals surface area contributed by atoms with E-state index in [2.05, 4.69) is 15.3 Å². The number of nitrogen functional groups attached to an aromatic ring is 1. The number of amides is 2. The van der Waals surface area contributed by atoms with Gasteiger partial charge in [-0.2, -0.15) is 0 Å². The summed E-state index contributed by atoms with van der Waals surface area (Å²) in [4.78, 5) is 34.7. The van der Waals surface area contributed by atoms with Gasteiger partial charge in [-0.3, -0.25) is 9.59 Å². The van der Waals surface area contributed by atoms with E-state index in [-0.39, 0.29) is 18.0 Å². The molecule has 4 aromatic rings. The van der Waals surface area contributed by atoms with Gasteiger partial charge in [0.25, 0.3) is 5.91 Å². The number of aliphatic hydroxyl groups is 1. The van der Waals surface area contributed by atoms with E-state index in [1.165, 1.54) is 25.6 Å². The Morgan fingerprint density at radius 1 is 1.18 bits per heavy atom. The summed E-state index contributed by atoms with van der Waals surface area (Å²) >= 11 is 0. The van der Waals surface area contributed by atoms with Crippen molar-refractivity contribution in [2.75, 3.05) is 32.5 Å². The number of benzene rings is 2. The monoisotopic (exact) mass is 530 g/mol. The molecule has 2 amide bonds. The number of aromatic nitrogens is 3. The predicted molar refractivity (Wildman–Crippen MR) is 144 cm³/mol. The lowest BCUT2D eigenvalue weighted by Gasteiger charge is -2.25. The van der Waals surface area contributed by atoms with Crippen molar-refractivity contribution in [2.24, 2.45) is 0 Å². The van der Waals surface area contributed by atoms with Crippen molar-refractivity contribution in [2.45, 2.75) is 13.0 Å². The van der Waals surface area contributed by atoms with Gasteiger partial charge in [-0.05, 0) is 47.9 Å². The zero-order chi connectivity index (χ0) is 27.5. The fourth-order valence-electron chi connectivity index (χ4n) is 4.67. The first-order valence-corrected chi connectivity index (χ1v) is 12.3. The van der Waals surface area contributed by atoms with Gasteiger partial charge in [0.2, 0.25) is 5.91 Å². The average molecular weight is 531 g/mol. The zero-order valence-corrected chi connectivity index (χ0v) is 21.2. The van der Waals surface area contributed by atoms with Gasteiger partial charge in [0.05, 0.1) is 12.7 Å². The molecule has 1 aliphatic heterocycles. The smallest absolute Gasteiger partial charge is 0.255 e. The van der Waals surface area contributed by atoms with Crippen LogP contribution in [0.5, 0.6) is 5.75 Å². The third-order valence-corrected chi connectivity index (χ3v) is 6.72. The summed E-state index contributed by atoms with van der Waals surface area (Å²) in [6.45, 7) is 0.632. The largest absolute Gasteiger partial charge is 0.496 e. The quantitative estimate of drug-likeness (QED) is 0.334. The first kappa shape index (κ1) is 25.9. The van der Waals surface area contributed by atoms with Crippen molar-refractivity contribution < 1.29 is 23.8 Å². The molecule has 10 nitrogen and oxygen atoms in total. The lowest BCUT2D eigenvalue weighted by atomic mass is 10.0. The molecule has 5 rings (SSSR count). The average Bonchev–Trinajstić information content (AvgIpc) is 3.37. The maximum Gasteiger partial charge on any atom is 0.255 e. The number of fused-ring (bicyclic) bond motifs is 1. The van der Waals surface area contributed by atoms with Gasteiger partial charge >= 0.3 is 0 Å². The topological polar surface area (TPSA) is 136 Å². The Labute approximate surface area is 223 Å². The van der Waals surface area contributed by atoms with E-state index in [1.807, 2.05) is 41.1 Å². The standard InChI is InChI=1S/C28H27FN6O4/c1-39-23-7-4-19(29)12-21(23)28(38)31-13-17-2-5-20(6-3-17)35-14-22(25-26(35)27(30)33-16-32-25)18-8-10-34(11-9-18)24(37)15-36/h2-8,12,14,16,36H,9-11,13,15H2,1H3,(H,31,38)(H2,30,32,33). The Balaban J connectivity index is 1.38. The molecule has 200 valence electrons. The minimum atomic E-state index is -0.521. The van der Waals surface area contributed by atoms with Crippen LogP contribution in [0.15, 0.2) is 61.1 Å². The van der Waals surface area contributed by atoms with Crippen LogP contribution >= 0.6 is 0 Å². The van der Waals surface area contributed by atoms with E-state index in [1.54, 1.807) is 4.90 Å². The van der Waals surface area contributed by atoms with Crippen molar-refractivity contribution in [3.63, 3.8) is 0 Å². The van der Waals surface area contributed by atoms with Gasteiger partial charge in [0.1, 0.15) is 35.5 Å². The maximum atomic E-state index is 13.7. The van der Waals surface area contributed by atoms with Gasteiger partial charge in [-0.25, -0.2) is 14.4 Å². The van der Waals surface area contributed by atoms with E-state index < -0.39 is 18.3 Å². The van der Waals surface area contributed by atoms with E-state index in [4.69, 9.17) is 15.6 Å². The number of halogens is 1. The molecule has 0 saturated heterocycles. The van der Waals surface area contributed by atoms with Crippen LogP contribution in [0.1, 0.15) is 27.9 Å². The molecule has 4 N–H and O–H groups in total. The summed E-state index contributed by atoms with van der Waals surface area (Å²) in [5.74, 6) is -0.640. The van der Waals surface area contributed by atoms with E-state index >= 15 is 0 Å². The number of hydrogen-bond acceptors (Lipinski definition) is 7. The normalized spacial score (nSPS) is 13.3. The van der Waals surface area contributed by atoms with Crippen molar-refractivity contribution >= 4 is 34.2 Å². The number of carbonyl (C=O) groups is 2. The lowest BCUT2D eigenvalue weighted by molar-refractivity contribution is -0.133. The predicted octanol–water partition coefficient (Wildman–Crippen LogP) is 2.69. The molecule has 0 fully saturated rings. The Hall–Kier alpha value is -4.77. The van der Waals surface area contributed by atoms with Crippen LogP contribution < -0.4 is 15.8 Å². The lowest BCUT2D eigenvalue weighted by Crippen LogP contribution is -2.36. The first-order valence-electron chi connectivity index (χ1n) is 12.3. The molecule has 0 unspecified atom stereocenters. The number of nitrogens with one attached hydrogen (secondary N) is 1. The number of hydrogen-bond donors (Lipinski definition) is 3. The second-order valence-electron chi connectivity index (χ2n) is 9.04. The molecule has 0 radical (unpaired) electrons. The van der Waals surface area contributed by atoms with Crippen LogP contribution in [-0.4, -0.2) is 63.2 Å². The van der Waals surface area contributed by atoms with Crippen molar-refractivity contribution in [1.29, 1.82) is 0 Å². The van der Waals surface area contributed by atoms with Crippen LogP contribution in [-0.2, 0) is 11.3 Å². The SMILES string of the molecule is COc1ccc(F)cc1C(=O)NCc1ccc(-n2cc(C3=CCN(C(=O)CO)CC3)c3ncnc(N)c32)cc1. The molecule has 0 saturated carbocycles. The van der Waals surface area contributed by atoms with Crippen LogP contribution in [0.25, 0.3) is 22.3 Å². The molecule has 0 aliphatic carbocycles. The third kappa shape index (κ3) is 5.16. The Kier molecular flexibility index (Phi) is 7.24. The van der Waals surface area contributed by atoms with E-state index in [0.717, 1.165) is 28.5 Å². The molecule has 1 aliphatic rings. The number of nitrogens with zero attached hydrogens (tertiary/aromatic N) is 4. The summed E-state index contributed by atoms with van der Waals surface area (Å²) in [6, 6.07) is 11.3. The van der Waals surface area contributed by atoms with Gasteiger partial charge in [-0.1, -0.05) is 18.2 Å². The highest BCUT2D eigenvalue weighted by Crippen LogP contribution is 2.33. The zero-order valence-electron chi connectivity index (χ0n) is 21.2. The number of anilines is 1. The summed E-state index contributed by atoms with van der Waals surface area (Å²) in [5.41, 5.74) is 11.3. The molecule has 0 spiro atoms. The summed E-state index contributed by atoms with van der Waals surface area (Å²) in [5, 5.41) is 11.9. The highest BCUT2D eigenvalue weighted by molar-refractivity contribution is 5.97. The number of aliphatic hydroxyl groups excluding tert-OH is 1. The third-order valence-electron chi connectivity index (χ3n) is 6.72. The first-order chi connectivity index (χ1) is 18.9. The van der Waals surface area contributed by atoms with E-state index in [0.29, 0.717) is 42.1 Å². The number of nitrogens with two attached hydrogens (primary N) is 1. The second-order valence-corrected chi connectivity index (χ2v) is 9.04. The fraction of sp³-hybridized carbons (Fsp3) is 0.214. The van der Waals surface area contributed by atoms with E-state index in [9.17, 15) is 14.0 Å². The summed E-state index contributed by atoms with van der Waals surface area (Å²) in [7, 11) is 1.43. The van der Waals surface area contributed by atoms with Crippen LogP contribution in [0.2, 0.25) is 0 Å². The number of carbonyl (C=O) groups excluding carboxylic acids is 2.